The number of pyridine rings is 1. The van der Waals surface area contributed by atoms with Crippen LogP contribution in [0.15, 0.2) is 64.5 Å². The summed E-state index contributed by atoms with van der Waals surface area (Å²) in [5.41, 5.74) is 2.76. The number of aromatic nitrogens is 1. The molecule has 0 spiro atoms. The Bertz CT molecular complexity index is 1050. The van der Waals surface area contributed by atoms with Crippen LogP contribution in [-0.2, 0) is 16.3 Å². The van der Waals surface area contributed by atoms with E-state index >= 15 is 0 Å². The Morgan fingerprint density at radius 3 is 2.37 bits per heavy atom. The molecule has 4 rings (SSSR count). The summed E-state index contributed by atoms with van der Waals surface area (Å²) in [7, 11) is -3.64. The normalized spacial score (nSPS) is 15.2. The second-order valence-corrected chi connectivity index (χ2v) is 8.95. The van der Waals surface area contributed by atoms with E-state index < -0.39 is 9.84 Å². The minimum atomic E-state index is -3.64. The first-order valence-electron chi connectivity index (χ1n) is 9.58. The second kappa shape index (κ2) is 7.31. The number of fused-ring (bicyclic) bond motifs is 1. The molecule has 0 amide bonds. The molecule has 3 aromatic rings. The van der Waals surface area contributed by atoms with E-state index in [0.717, 1.165) is 54.5 Å². The van der Waals surface area contributed by atoms with Crippen molar-refractivity contribution in [1.29, 1.82) is 0 Å². The van der Waals surface area contributed by atoms with Gasteiger partial charge in [0.1, 0.15) is 4.90 Å². The Kier molecular flexibility index (Phi) is 4.87. The summed E-state index contributed by atoms with van der Waals surface area (Å²) < 4.78 is 26.9. The molecule has 2 heterocycles. The number of nitrogens with zero attached hydrogens (tertiary/aromatic N) is 2. The predicted octanol–water partition coefficient (Wildman–Crippen LogP) is 4.62. The van der Waals surface area contributed by atoms with Gasteiger partial charge in [0, 0.05) is 24.7 Å². The van der Waals surface area contributed by atoms with Gasteiger partial charge in [-0.2, -0.15) is 0 Å². The lowest BCUT2D eigenvalue weighted by Gasteiger charge is -2.31. The number of piperidine rings is 1. The highest BCUT2D eigenvalue weighted by molar-refractivity contribution is 7.91. The average molecular weight is 381 g/mol. The summed E-state index contributed by atoms with van der Waals surface area (Å²) in [6, 6.07) is 15.0. The van der Waals surface area contributed by atoms with Crippen molar-refractivity contribution in [2.75, 3.05) is 18.0 Å². The maximum atomic E-state index is 13.5. The quantitative estimate of drug-likeness (QED) is 0.663. The van der Waals surface area contributed by atoms with Crippen molar-refractivity contribution in [2.24, 2.45) is 0 Å². The fraction of sp³-hybridized carbons (Fsp3) is 0.318. The van der Waals surface area contributed by atoms with E-state index in [1.807, 2.05) is 36.4 Å². The number of benzene rings is 2. The highest BCUT2D eigenvalue weighted by atomic mass is 32.2. The second-order valence-electron chi connectivity index (χ2n) is 7.04. The van der Waals surface area contributed by atoms with Crippen LogP contribution in [0.3, 0.4) is 0 Å². The smallest absolute Gasteiger partial charge is 0.210 e. The molecule has 1 saturated heterocycles. The van der Waals surface area contributed by atoms with Crippen LogP contribution in [0.2, 0.25) is 0 Å². The van der Waals surface area contributed by atoms with Crippen LogP contribution in [0.25, 0.3) is 10.9 Å². The van der Waals surface area contributed by atoms with E-state index in [-0.39, 0.29) is 0 Å². The van der Waals surface area contributed by atoms with Crippen molar-refractivity contribution in [3.8, 4) is 0 Å². The first-order chi connectivity index (χ1) is 13.1. The summed E-state index contributed by atoms with van der Waals surface area (Å²) in [5, 5.41) is 0.908. The van der Waals surface area contributed by atoms with Gasteiger partial charge < -0.3 is 4.90 Å². The first kappa shape index (κ1) is 18.0. The third kappa shape index (κ3) is 3.32. The molecular weight excluding hydrogens is 356 g/mol. The van der Waals surface area contributed by atoms with E-state index in [4.69, 9.17) is 0 Å². The van der Waals surface area contributed by atoms with Gasteiger partial charge >= 0.3 is 0 Å². The third-order valence-electron chi connectivity index (χ3n) is 5.32. The third-order valence-corrected chi connectivity index (χ3v) is 7.09. The number of hydrogen-bond acceptors (Lipinski definition) is 4. The molecule has 5 heteroatoms. The fourth-order valence-electron chi connectivity index (χ4n) is 3.78. The molecule has 0 bridgehead atoms. The maximum absolute atomic E-state index is 13.5. The molecule has 0 saturated carbocycles. The summed E-state index contributed by atoms with van der Waals surface area (Å²) >= 11 is 0. The van der Waals surface area contributed by atoms with Gasteiger partial charge in [-0.15, -0.1) is 0 Å². The van der Waals surface area contributed by atoms with Crippen LogP contribution in [0.1, 0.15) is 31.7 Å². The number of sulfone groups is 1. The molecule has 0 N–H and O–H groups in total. The van der Waals surface area contributed by atoms with Crippen molar-refractivity contribution in [1.82, 2.24) is 4.98 Å². The molecule has 140 valence electrons. The Labute approximate surface area is 160 Å². The van der Waals surface area contributed by atoms with E-state index in [0.29, 0.717) is 9.79 Å². The molecule has 27 heavy (non-hydrogen) atoms. The zero-order valence-electron chi connectivity index (χ0n) is 15.6. The molecule has 0 aliphatic carbocycles. The van der Waals surface area contributed by atoms with Gasteiger partial charge in [-0.25, -0.2) is 8.42 Å². The highest BCUT2D eigenvalue weighted by Gasteiger charge is 2.27. The average Bonchev–Trinajstić information content (AvgIpc) is 2.73. The lowest BCUT2D eigenvalue weighted by Crippen LogP contribution is -2.31. The minimum absolute atomic E-state index is 0.312. The molecule has 0 atom stereocenters. The molecule has 1 aliphatic heterocycles. The van der Waals surface area contributed by atoms with Crippen molar-refractivity contribution in [3.05, 3.63) is 60.3 Å². The molecule has 1 fully saturated rings. The lowest BCUT2D eigenvalue weighted by atomic mass is 10.1. The topological polar surface area (TPSA) is 50.3 Å². The van der Waals surface area contributed by atoms with Crippen molar-refractivity contribution >= 4 is 26.4 Å². The SMILES string of the molecule is CCc1ccc(S(=O)(=O)c2cnc3ccccc3c2N2CCCCC2)cc1. The maximum Gasteiger partial charge on any atom is 0.210 e. The van der Waals surface area contributed by atoms with Gasteiger partial charge in [0.25, 0.3) is 0 Å². The zero-order valence-corrected chi connectivity index (χ0v) is 16.4. The van der Waals surface area contributed by atoms with Crippen LogP contribution in [0.4, 0.5) is 5.69 Å². The molecule has 4 nitrogen and oxygen atoms in total. The van der Waals surface area contributed by atoms with Crippen LogP contribution in [-0.4, -0.2) is 26.5 Å². The zero-order chi connectivity index (χ0) is 18.9. The van der Waals surface area contributed by atoms with E-state index in [9.17, 15) is 8.42 Å². The summed E-state index contributed by atoms with van der Waals surface area (Å²) in [4.78, 5) is 7.32. The monoisotopic (exact) mass is 380 g/mol. The van der Waals surface area contributed by atoms with Crippen LogP contribution in [0.5, 0.6) is 0 Å². The van der Waals surface area contributed by atoms with Gasteiger partial charge in [0.2, 0.25) is 9.84 Å². The first-order valence-corrected chi connectivity index (χ1v) is 11.1. The van der Waals surface area contributed by atoms with Gasteiger partial charge in [0.05, 0.1) is 16.1 Å². The molecule has 1 aliphatic rings. The number of aryl methyl sites for hydroxylation is 1. The summed E-state index contributed by atoms with van der Waals surface area (Å²) in [6.45, 7) is 3.82. The lowest BCUT2D eigenvalue weighted by molar-refractivity contribution is 0.572. The fourth-order valence-corrected chi connectivity index (χ4v) is 5.21. The van der Waals surface area contributed by atoms with Crippen molar-refractivity contribution < 1.29 is 8.42 Å². The standard InChI is InChI=1S/C22H24N2O2S/c1-2-17-10-12-18(13-11-17)27(25,26)21-16-23-20-9-5-4-8-19(20)22(21)24-14-6-3-7-15-24/h4-5,8-13,16H,2-3,6-7,14-15H2,1H3. The molecule has 1 aromatic heterocycles. The predicted molar refractivity (Wildman–Crippen MR) is 109 cm³/mol. The van der Waals surface area contributed by atoms with Gasteiger partial charge in [-0.3, -0.25) is 4.98 Å². The van der Waals surface area contributed by atoms with Crippen molar-refractivity contribution in [2.45, 2.75) is 42.4 Å². The number of rotatable bonds is 4. The highest BCUT2D eigenvalue weighted by Crippen LogP contribution is 2.37. The van der Waals surface area contributed by atoms with E-state index in [1.54, 1.807) is 12.1 Å². The Morgan fingerprint density at radius 1 is 0.963 bits per heavy atom. The Morgan fingerprint density at radius 2 is 1.67 bits per heavy atom. The Balaban J connectivity index is 1.91. The number of hydrogen-bond donors (Lipinski definition) is 0. The van der Waals surface area contributed by atoms with Gasteiger partial charge in [-0.1, -0.05) is 37.3 Å². The van der Waals surface area contributed by atoms with Crippen LogP contribution >= 0.6 is 0 Å². The van der Waals surface area contributed by atoms with Crippen LogP contribution in [0, 0.1) is 0 Å². The van der Waals surface area contributed by atoms with E-state index in [2.05, 4.69) is 16.8 Å². The Hall–Kier alpha value is -2.40. The van der Waals surface area contributed by atoms with E-state index in [1.165, 1.54) is 12.6 Å². The largest absolute Gasteiger partial charge is 0.370 e. The van der Waals surface area contributed by atoms with Crippen LogP contribution < -0.4 is 4.90 Å². The van der Waals surface area contributed by atoms with Crippen molar-refractivity contribution in [3.63, 3.8) is 0 Å². The number of anilines is 1. The van der Waals surface area contributed by atoms with Gasteiger partial charge in [0.15, 0.2) is 0 Å². The summed E-state index contributed by atoms with van der Waals surface area (Å²) in [6.07, 6.45) is 5.79. The minimum Gasteiger partial charge on any atom is -0.370 e. The van der Waals surface area contributed by atoms with Gasteiger partial charge in [-0.05, 0) is 49.4 Å². The molecule has 0 radical (unpaired) electrons. The molecule has 2 aromatic carbocycles. The molecule has 0 unspecified atom stereocenters. The summed E-state index contributed by atoms with van der Waals surface area (Å²) in [5.74, 6) is 0. The molecular formula is C22H24N2O2S. The number of para-hydroxylation sites is 1.